The van der Waals surface area contributed by atoms with E-state index in [-0.39, 0.29) is 0 Å². The monoisotopic (exact) mass is 248 g/mol. The van der Waals surface area contributed by atoms with E-state index >= 15 is 0 Å². The molecule has 1 atom stereocenters. The van der Waals surface area contributed by atoms with Gasteiger partial charge in [0.1, 0.15) is 5.75 Å². The molecule has 1 heterocycles. The van der Waals surface area contributed by atoms with Crippen LogP contribution >= 0.6 is 0 Å². The molecule has 3 heteroatoms. The van der Waals surface area contributed by atoms with Gasteiger partial charge >= 0.3 is 0 Å². The lowest BCUT2D eigenvalue weighted by Crippen LogP contribution is -2.38. The van der Waals surface area contributed by atoms with E-state index in [0.29, 0.717) is 5.75 Å². The Labute approximate surface area is 110 Å². The minimum absolute atomic E-state index is 0.346. The molecule has 1 fully saturated rings. The van der Waals surface area contributed by atoms with Crippen molar-refractivity contribution in [3.05, 3.63) is 29.8 Å². The molecule has 1 unspecified atom stereocenters. The van der Waals surface area contributed by atoms with Crippen molar-refractivity contribution < 1.29 is 5.11 Å². The second kappa shape index (κ2) is 6.76. The average Bonchev–Trinajstić information content (AvgIpc) is 2.41. The fourth-order valence-corrected chi connectivity index (χ4v) is 2.61. The van der Waals surface area contributed by atoms with Crippen molar-refractivity contribution in [3.8, 4) is 5.75 Å². The van der Waals surface area contributed by atoms with E-state index in [9.17, 15) is 5.11 Å². The molecular weight excluding hydrogens is 224 g/mol. The molecule has 3 nitrogen and oxygen atoms in total. The molecule has 2 rings (SSSR count). The van der Waals surface area contributed by atoms with Crippen molar-refractivity contribution in [3.63, 3.8) is 0 Å². The molecule has 1 aliphatic heterocycles. The Kier molecular flexibility index (Phi) is 5.02. The molecule has 0 saturated carbocycles. The van der Waals surface area contributed by atoms with Crippen molar-refractivity contribution >= 4 is 0 Å². The third-order valence-corrected chi connectivity index (χ3v) is 3.71. The summed E-state index contributed by atoms with van der Waals surface area (Å²) in [6.45, 7) is 7.79. The van der Waals surface area contributed by atoms with E-state index in [1.165, 1.54) is 31.5 Å². The van der Waals surface area contributed by atoms with Crippen LogP contribution in [0.3, 0.4) is 0 Å². The fraction of sp³-hybridized carbons (Fsp3) is 0.600. The van der Waals surface area contributed by atoms with Crippen molar-refractivity contribution in [1.82, 2.24) is 10.2 Å². The molecule has 0 aliphatic carbocycles. The predicted octanol–water partition coefficient (Wildman–Crippen LogP) is 2.21. The smallest absolute Gasteiger partial charge is 0.115 e. The Bertz CT molecular complexity index is 344. The van der Waals surface area contributed by atoms with Crippen LogP contribution in [0.15, 0.2) is 24.3 Å². The van der Waals surface area contributed by atoms with Crippen LogP contribution in [0.5, 0.6) is 5.75 Å². The summed E-state index contributed by atoms with van der Waals surface area (Å²) in [5.74, 6) is 1.13. The maximum Gasteiger partial charge on any atom is 0.115 e. The van der Waals surface area contributed by atoms with Crippen LogP contribution in [0.1, 0.15) is 25.3 Å². The first-order valence-corrected chi connectivity index (χ1v) is 6.99. The molecule has 0 radical (unpaired) electrons. The van der Waals surface area contributed by atoms with Crippen molar-refractivity contribution in [2.24, 2.45) is 5.92 Å². The number of nitrogens with one attached hydrogen (secondary N) is 1. The van der Waals surface area contributed by atoms with Gasteiger partial charge in [-0.05, 0) is 56.1 Å². The van der Waals surface area contributed by atoms with Crippen LogP contribution < -0.4 is 5.32 Å². The van der Waals surface area contributed by atoms with Gasteiger partial charge in [0.2, 0.25) is 0 Å². The zero-order chi connectivity index (χ0) is 12.8. The van der Waals surface area contributed by atoms with Gasteiger partial charge in [0.15, 0.2) is 0 Å². The Morgan fingerprint density at radius 2 is 2.11 bits per heavy atom. The Morgan fingerprint density at radius 1 is 1.33 bits per heavy atom. The lowest BCUT2D eigenvalue weighted by molar-refractivity contribution is 0.209. The molecular formula is C15H24N2O. The summed E-state index contributed by atoms with van der Waals surface area (Å²) in [4.78, 5) is 2.49. The number of phenolic OH excluding ortho intramolecular Hbond substituents is 1. The third kappa shape index (κ3) is 4.00. The van der Waals surface area contributed by atoms with E-state index in [1.807, 2.05) is 12.1 Å². The van der Waals surface area contributed by atoms with Crippen LogP contribution in [-0.2, 0) is 6.54 Å². The van der Waals surface area contributed by atoms with Crippen LogP contribution in [0, 0.1) is 5.92 Å². The lowest BCUT2D eigenvalue weighted by Gasteiger charge is -2.29. The molecule has 1 aliphatic rings. The minimum atomic E-state index is 0.346. The summed E-state index contributed by atoms with van der Waals surface area (Å²) in [5.41, 5.74) is 1.28. The second-order valence-electron chi connectivity index (χ2n) is 5.21. The number of aromatic hydroxyl groups is 1. The van der Waals surface area contributed by atoms with E-state index < -0.39 is 0 Å². The second-order valence-corrected chi connectivity index (χ2v) is 5.21. The van der Waals surface area contributed by atoms with E-state index in [0.717, 1.165) is 25.6 Å². The first-order valence-electron chi connectivity index (χ1n) is 6.99. The van der Waals surface area contributed by atoms with Gasteiger partial charge < -0.3 is 10.4 Å². The van der Waals surface area contributed by atoms with Gasteiger partial charge in [-0.25, -0.2) is 0 Å². The van der Waals surface area contributed by atoms with E-state index in [1.54, 1.807) is 12.1 Å². The Balaban J connectivity index is 1.86. The van der Waals surface area contributed by atoms with Crippen LogP contribution in [-0.4, -0.2) is 36.2 Å². The molecule has 2 N–H and O–H groups in total. The fourth-order valence-electron chi connectivity index (χ4n) is 2.61. The van der Waals surface area contributed by atoms with Crippen molar-refractivity contribution in [1.29, 1.82) is 0 Å². The summed E-state index contributed by atoms with van der Waals surface area (Å²) in [7, 11) is 0. The Hall–Kier alpha value is -1.06. The van der Waals surface area contributed by atoms with Crippen molar-refractivity contribution in [2.75, 3.05) is 26.2 Å². The maximum atomic E-state index is 9.29. The highest BCUT2D eigenvalue weighted by molar-refractivity contribution is 5.25. The molecule has 0 aromatic heterocycles. The normalized spacial score (nSPS) is 20.2. The van der Waals surface area contributed by atoms with Crippen LogP contribution in [0.25, 0.3) is 0 Å². The highest BCUT2D eigenvalue weighted by atomic mass is 16.3. The van der Waals surface area contributed by atoms with Crippen molar-refractivity contribution in [2.45, 2.75) is 26.3 Å². The number of rotatable bonds is 5. The molecule has 0 spiro atoms. The molecule has 100 valence electrons. The topological polar surface area (TPSA) is 35.5 Å². The lowest BCUT2D eigenvalue weighted by atomic mass is 9.99. The largest absolute Gasteiger partial charge is 0.508 e. The first-order chi connectivity index (χ1) is 8.78. The first kappa shape index (κ1) is 13.4. The predicted molar refractivity (Wildman–Crippen MR) is 74.7 cm³/mol. The number of phenols is 1. The highest BCUT2D eigenvalue weighted by Crippen LogP contribution is 2.15. The van der Waals surface area contributed by atoms with E-state index in [4.69, 9.17) is 0 Å². The number of piperidine rings is 1. The Morgan fingerprint density at radius 3 is 2.72 bits per heavy atom. The van der Waals surface area contributed by atoms with Gasteiger partial charge in [0.25, 0.3) is 0 Å². The number of nitrogens with zero attached hydrogens (tertiary/aromatic N) is 1. The molecule has 1 aromatic carbocycles. The van der Waals surface area contributed by atoms with E-state index in [2.05, 4.69) is 17.1 Å². The molecule has 1 aromatic rings. The van der Waals surface area contributed by atoms with Gasteiger partial charge in [0, 0.05) is 13.1 Å². The van der Waals surface area contributed by atoms with Crippen LogP contribution in [0.4, 0.5) is 0 Å². The number of hydrogen-bond acceptors (Lipinski definition) is 3. The summed E-state index contributed by atoms with van der Waals surface area (Å²) >= 11 is 0. The van der Waals surface area contributed by atoms with Gasteiger partial charge in [-0.15, -0.1) is 0 Å². The summed E-state index contributed by atoms with van der Waals surface area (Å²) in [6.07, 6.45) is 2.65. The number of benzene rings is 1. The van der Waals surface area contributed by atoms with Gasteiger partial charge in [-0.3, -0.25) is 4.90 Å². The average molecular weight is 248 g/mol. The van der Waals surface area contributed by atoms with Crippen LogP contribution in [0.2, 0.25) is 0 Å². The molecule has 0 bridgehead atoms. The van der Waals surface area contributed by atoms with Gasteiger partial charge in [-0.2, -0.15) is 0 Å². The minimum Gasteiger partial charge on any atom is -0.508 e. The maximum absolute atomic E-state index is 9.29. The summed E-state index contributed by atoms with van der Waals surface area (Å²) < 4.78 is 0. The zero-order valence-corrected chi connectivity index (χ0v) is 11.2. The summed E-state index contributed by atoms with van der Waals surface area (Å²) in [6, 6.07) is 7.56. The van der Waals surface area contributed by atoms with Gasteiger partial charge in [0.05, 0.1) is 0 Å². The quantitative estimate of drug-likeness (QED) is 0.838. The number of hydrogen-bond donors (Lipinski definition) is 2. The highest BCUT2D eigenvalue weighted by Gasteiger charge is 2.16. The zero-order valence-electron chi connectivity index (χ0n) is 11.2. The molecule has 18 heavy (non-hydrogen) atoms. The van der Waals surface area contributed by atoms with Gasteiger partial charge in [-0.1, -0.05) is 19.1 Å². The SMILES string of the molecule is CCN(Cc1ccc(O)cc1)CC1CCCNC1. The summed E-state index contributed by atoms with van der Waals surface area (Å²) in [5, 5.41) is 12.8. The molecule has 0 amide bonds. The molecule has 1 saturated heterocycles. The third-order valence-electron chi connectivity index (χ3n) is 3.71. The standard InChI is InChI=1S/C15H24N2O/c1-2-17(12-14-4-3-9-16-10-14)11-13-5-7-15(18)8-6-13/h5-8,14,16,18H,2-4,9-12H2,1H3.